The van der Waals surface area contributed by atoms with Crippen molar-refractivity contribution < 1.29 is 4.79 Å². The van der Waals surface area contributed by atoms with Crippen LogP contribution in [-0.2, 0) is 30.7 Å². The number of nitrogens with one attached hydrogen (secondary N) is 1. The molecular formula is C20H22N4O3. The van der Waals surface area contributed by atoms with Crippen molar-refractivity contribution in [2.45, 2.75) is 51.7 Å². The van der Waals surface area contributed by atoms with Crippen molar-refractivity contribution in [1.82, 2.24) is 14.5 Å². The summed E-state index contributed by atoms with van der Waals surface area (Å²) in [4.78, 5) is 37.3. The third kappa shape index (κ3) is 4.00. The SMILES string of the molecule is C[C@@H](CCc1ccccc1)NC(=O)Cn1c(=O)c(C#N)c2n(c1=O)CCC2. The molecule has 0 spiro atoms. The fourth-order valence-corrected chi connectivity index (χ4v) is 3.45. The van der Waals surface area contributed by atoms with Gasteiger partial charge in [-0.15, -0.1) is 0 Å². The topological polar surface area (TPSA) is 96.9 Å². The van der Waals surface area contributed by atoms with E-state index in [1.807, 2.05) is 43.3 Å². The van der Waals surface area contributed by atoms with Gasteiger partial charge < -0.3 is 5.32 Å². The van der Waals surface area contributed by atoms with E-state index >= 15 is 0 Å². The van der Waals surface area contributed by atoms with Crippen molar-refractivity contribution in [1.29, 1.82) is 5.26 Å². The summed E-state index contributed by atoms with van der Waals surface area (Å²) in [5.74, 6) is -0.405. The first-order valence-electron chi connectivity index (χ1n) is 9.11. The Morgan fingerprint density at radius 3 is 2.74 bits per heavy atom. The molecule has 2 aromatic rings. The number of carbonyl (C=O) groups excluding carboxylic acids is 1. The summed E-state index contributed by atoms with van der Waals surface area (Å²) in [7, 11) is 0. The van der Waals surface area contributed by atoms with Gasteiger partial charge in [0.05, 0.1) is 0 Å². The molecule has 1 atom stereocenters. The van der Waals surface area contributed by atoms with E-state index < -0.39 is 17.2 Å². The first-order chi connectivity index (χ1) is 13.0. The van der Waals surface area contributed by atoms with Gasteiger partial charge in [0.1, 0.15) is 18.2 Å². The normalized spacial score (nSPS) is 13.6. The molecule has 0 unspecified atom stereocenters. The smallest absolute Gasteiger partial charge is 0.331 e. The zero-order valence-corrected chi connectivity index (χ0v) is 15.3. The number of benzene rings is 1. The number of carbonyl (C=O) groups is 1. The quantitative estimate of drug-likeness (QED) is 0.824. The fourth-order valence-electron chi connectivity index (χ4n) is 3.45. The standard InChI is InChI=1S/C20H22N4O3/c1-14(9-10-15-6-3-2-4-7-15)22-18(25)13-24-19(26)16(12-21)17-8-5-11-23(17)20(24)27/h2-4,6-7,14H,5,8-11,13H2,1H3,(H,22,25)/t14-/m0/s1. The molecule has 1 aromatic heterocycles. The molecule has 7 heteroatoms. The second kappa shape index (κ2) is 8.04. The maximum atomic E-state index is 12.5. The molecule has 140 valence electrons. The predicted octanol–water partition coefficient (Wildman–Crippen LogP) is 0.965. The zero-order chi connectivity index (χ0) is 19.4. The largest absolute Gasteiger partial charge is 0.352 e. The Bertz CT molecular complexity index is 999. The summed E-state index contributed by atoms with van der Waals surface area (Å²) < 4.78 is 2.30. The number of amides is 1. The highest BCUT2D eigenvalue weighted by Crippen LogP contribution is 2.13. The maximum absolute atomic E-state index is 12.5. The molecule has 3 rings (SSSR count). The molecule has 0 fully saturated rings. The van der Waals surface area contributed by atoms with Crippen LogP contribution < -0.4 is 16.6 Å². The van der Waals surface area contributed by atoms with E-state index in [2.05, 4.69) is 5.32 Å². The average molecular weight is 366 g/mol. The van der Waals surface area contributed by atoms with Crippen LogP contribution in [0.5, 0.6) is 0 Å². The number of hydrogen-bond acceptors (Lipinski definition) is 4. The molecule has 0 radical (unpaired) electrons. The summed E-state index contributed by atoms with van der Waals surface area (Å²) in [5.41, 5.74) is 0.448. The van der Waals surface area contributed by atoms with Gasteiger partial charge in [-0.2, -0.15) is 5.26 Å². The van der Waals surface area contributed by atoms with Gasteiger partial charge in [0, 0.05) is 18.3 Å². The van der Waals surface area contributed by atoms with Gasteiger partial charge in [-0.3, -0.25) is 14.2 Å². The van der Waals surface area contributed by atoms with Crippen LogP contribution in [0.1, 0.15) is 36.6 Å². The van der Waals surface area contributed by atoms with E-state index in [9.17, 15) is 19.6 Å². The molecule has 27 heavy (non-hydrogen) atoms. The molecule has 1 aliphatic heterocycles. The van der Waals surface area contributed by atoms with Crippen LogP contribution in [0.2, 0.25) is 0 Å². The Hall–Kier alpha value is -3.14. The van der Waals surface area contributed by atoms with Gasteiger partial charge in [0.15, 0.2) is 0 Å². The lowest BCUT2D eigenvalue weighted by atomic mass is 10.1. The number of nitrogens with zero attached hydrogens (tertiary/aromatic N) is 3. The minimum atomic E-state index is -0.678. The second-order valence-corrected chi connectivity index (χ2v) is 6.86. The van der Waals surface area contributed by atoms with Gasteiger partial charge in [-0.1, -0.05) is 30.3 Å². The van der Waals surface area contributed by atoms with Crippen LogP contribution in [0.25, 0.3) is 0 Å². The zero-order valence-electron chi connectivity index (χ0n) is 15.3. The summed E-state index contributed by atoms with van der Waals surface area (Å²) >= 11 is 0. The number of nitriles is 1. The van der Waals surface area contributed by atoms with Crippen molar-refractivity contribution in [3.63, 3.8) is 0 Å². The lowest BCUT2D eigenvalue weighted by molar-refractivity contribution is -0.122. The van der Waals surface area contributed by atoms with Gasteiger partial charge in [0.25, 0.3) is 5.56 Å². The molecule has 1 aromatic carbocycles. The lowest BCUT2D eigenvalue weighted by Gasteiger charge is -2.15. The predicted molar refractivity (Wildman–Crippen MR) is 100 cm³/mol. The van der Waals surface area contributed by atoms with E-state index in [0.717, 1.165) is 23.8 Å². The van der Waals surface area contributed by atoms with E-state index in [-0.39, 0.29) is 18.2 Å². The summed E-state index contributed by atoms with van der Waals surface area (Å²) in [6, 6.07) is 11.8. The summed E-state index contributed by atoms with van der Waals surface area (Å²) in [6.07, 6.45) is 2.83. The molecule has 0 bridgehead atoms. The number of fused-ring (bicyclic) bond motifs is 1. The van der Waals surface area contributed by atoms with E-state index in [1.165, 1.54) is 10.1 Å². The van der Waals surface area contributed by atoms with Crippen molar-refractivity contribution in [2.24, 2.45) is 0 Å². The first-order valence-corrected chi connectivity index (χ1v) is 9.11. The van der Waals surface area contributed by atoms with E-state index in [1.54, 1.807) is 0 Å². The molecule has 0 saturated heterocycles. The highest BCUT2D eigenvalue weighted by molar-refractivity contribution is 5.76. The third-order valence-corrected chi connectivity index (χ3v) is 4.86. The molecule has 2 heterocycles. The Balaban J connectivity index is 1.69. The van der Waals surface area contributed by atoms with Gasteiger partial charge in [-0.25, -0.2) is 9.36 Å². The van der Waals surface area contributed by atoms with Crippen molar-refractivity contribution >= 4 is 5.91 Å². The van der Waals surface area contributed by atoms with Gasteiger partial charge in [-0.05, 0) is 38.2 Å². The Morgan fingerprint density at radius 1 is 1.30 bits per heavy atom. The molecule has 1 N–H and O–H groups in total. The highest BCUT2D eigenvalue weighted by Gasteiger charge is 2.23. The molecule has 1 aliphatic rings. The van der Waals surface area contributed by atoms with Gasteiger partial charge >= 0.3 is 5.69 Å². The van der Waals surface area contributed by atoms with Crippen LogP contribution in [0.4, 0.5) is 0 Å². The Kier molecular flexibility index (Phi) is 5.55. The minimum absolute atomic E-state index is 0.0305. The van der Waals surface area contributed by atoms with Crippen molar-refractivity contribution in [3.05, 3.63) is 68.0 Å². The van der Waals surface area contributed by atoms with Crippen LogP contribution in [0, 0.1) is 11.3 Å². The molecule has 7 nitrogen and oxygen atoms in total. The van der Waals surface area contributed by atoms with Crippen molar-refractivity contribution in [3.8, 4) is 6.07 Å². The first kappa shape index (κ1) is 18.6. The average Bonchev–Trinajstić information content (AvgIpc) is 3.14. The monoisotopic (exact) mass is 366 g/mol. The number of hydrogen-bond donors (Lipinski definition) is 1. The maximum Gasteiger partial charge on any atom is 0.331 e. The van der Waals surface area contributed by atoms with Crippen molar-refractivity contribution in [2.75, 3.05) is 0 Å². The Labute approximate surface area is 156 Å². The molecule has 0 saturated carbocycles. The summed E-state index contributed by atoms with van der Waals surface area (Å²) in [6.45, 7) is 1.99. The lowest BCUT2D eigenvalue weighted by Crippen LogP contribution is -2.46. The molecule has 1 amide bonds. The van der Waals surface area contributed by atoms with Crippen LogP contribution in [-0.4, -0.2) is 21.1 Å². The minimum Gasteiger partial charge on any atom is -0.352 e. The summed E-state index contributed by atoms with van der Waals surface area (Å²) in [5, 5.41) is 12.1. The number of aromatic nitrogens is 2. The van der Waals surface area contributed by atoms with E-state index in [0.29, 0.717) is 18.7 Å². The van der Waals surface area contributed by atoms with Crippen LogP contribution in [0.15, 0.2) is 39.9 Å². The van der Waals surface area contributed by atoms with Gasteiger partial charge in [0.2, 0.25) is 5.91 Å². The van der Waals surface area contributed by atoms with Crippen LogP contribution in [0.3, 0.4) is 0 Å². The molecule has 0 aliphatic carbocycles. The number of rotatable bonds is 6. The fraction of sp³-hybridized carbons (Fsp3) is 0.400. The van der Waals surface area contributed by atoms with Crippen LogP contribution >= 0.6 is 0 Å². The van der Waals surface area contributed by atoms with E-state index in [4.69, 9.17) is 0 Å². The highest BCUT2D eigenvalue weighted by atomic mass is 16.2. The second-order valence-electron chi connectivity index (χ2n) is 6.86. The molecular weight excluding hydrogens is 344 g/mol. The third-order valence-electron chi connectivity index (χ3n) is 4.86. The number of aryl methyl sites for hydroxylation is 1. The Morgan fingerprint density at radius 2 is 2.04 bits per heavy atom.